The first-order chi connectivity index (χ1) is 9.91. The second-order valence-electron chi connectivity index (χ2n) is 4.30. The largest absolute Gasteiger partial charge is 0.502 e. The highest BCUT2D eigenvalue weighted by Gasteiger charge is 2.21. The quantitative estimate of drug-likeness (QED) is 0.652. The summed E-state index contributed by atoms with van der Waals surface area (Å²) in [5.74, 6) is -1.26. The average Bonchev–Trinajstić information content (AvgIpc) is 2.43. The molecule has 0 aliphatic heterocycles. The molecule has 0 saturated carbocycles. The van der Waals surface area contributed by atoms with Gasteiger partial charge in [0.1, 0.15) is 0 Å². The Bertz CT molecular complexity index is 731. The molecule has 0 atom stereocenters. The van der Waals surface area contributed by atoms with Gasteiger partial charge in [-0.25, -0.2) is 0 Å². The van der Waals surface area contributed by atoms with Crippen LogP contribution in [0.2, 0.25) is 0 Å². The minimum absolute atomic E-state index is 0.149. The number of hydrogen-bond acceptors (Lipinski definition) is 4. The lowest BCUT2D eigenvalue weighted by molar-refractivity contribution is -0.385. The molecule has 2 aromatic rings. The number of para-hydroxylation sites is 1. The van der Waals surface area contributed by atoms with E-state index in [0.717, 1.165) is 16.1 Å². The van der Waals surface area contributed by atoms with Gasteiger partial charge in [0.05, 0.1) is 10.5 Å². The van der Waals surface area contributed by atoms with Crippen molar-refractivity contribution >= 4 is 33.2 Å². The van der Waals surface area contributed by atoms with E-state index in [1.54, 1.807) is 12.1 Å². The molecule has 0 spiro atoms. The summed E-state index contributed by atoms with van der Waals surface area (Å²) in [4.78, 5) is 22.2. The summed E-state index contributed by atoms with van der Waals surface area (Å²) >= 11 is 3.35. The Labute approximate surface area is 128 Å². The van der Waals surface area contributed by atoms with E-state index in [9.17, 15) is 20.0 Å². The molecule has 0 unspecified atom stereocenters. The van der Waals surface area contributed by atoms with Gasteiger partial charge in [-0.15, -0.1) is 0 Å². The number of amides is 1. The fourth-order valence-electron chi connectivity index (χ4n) is 1.79. The predicted octanol–water partition coefficient (Wildman–Crippen LogP) is 3.62. The Hall–Kier alpha value is -2.41. The van der Waals surface area contributed by atoms with Crippen LogP contribution in [0.3, 0.4) is 0 Å². The highest BCUT2D eigenvalue weighted by atomic mass is 79.9. The van der Waals surface area contributed by atoms with Crippen molar-refractivity contribution in [3.05, 3.63) is 62.1 Å². The zero-order chi connectivity index (χ0) is 15.6. The molecule has 0 saturated heterocycles. The number of nitro groups is 1. The fourth-order valence-corrected chi connectivity index (χ4v) is 2.16. The third-order valence-corrected chi connectivity index (χ3v) is 3.83. The first-order valence-corrected chi connectivity index (χ1v) is 6.74. The van der Waals surface area contributed by atoms with Crippen molar-refractivity contribution in [2.45, 2.75) is 6.92 Å². The Morgan fingerprint density at radius 1 is 1.29 bits per heavy atom. The SMILES string of the molecule is Cc1c(Br)cccc1NC(=O)c1cccc([N+](=O)[O-])c1O. The molecule has 0 radical (unpaired) electrons. The molecule has 0 fully saturated rings. The molecule has 0 aromatic heterocycles. The van der Waals surface area contributed by atoms with Crippen molar-refractivity contribution < 1.29 is 14.8 Å². The molecule has 0 aliphatic rings. The van der Waals surface area contributed by atoms with Crippen LogP contribution in [0.5, 0.6) is 5.75 Å². The standard InChI is InChI=1S/C14H11BrN2O4/c1-8-10(15)5-3-6-11(8)16-14(19)9-4-2-7-12(13(9)18)17(20)21/h2-7,18H,1H3,(H,16,19). The second kappa shape index (κ2) is 5.92. The number of aromatic hydroxyl groups is 1. The zero-order valence-electron chi connectivity index (χ0n) is 11.0. The minimum atomic E-state index is -0.740. The molecule has 1 amide bonds. The van der Waals surface area contributed by atoms with Crippen LogP contribution in [-0.4, -0.2) is 15.9 Å². The van der Waals surface area contributed by atoms with E-state index in [1.165, 1.54) is 12.1 Å². The van der Waals surface area contributed by atoms with E-state index in [1.807, 2.05) is 13.0 Å². The van der Waals surface area contributed by atoms with Gasteiger partial charge in [-0.1, -0.05) is 28.1 Å². The number of phenolic OH excluding ortho intramolecular Hbond substituents is 1. The van der Waals surface area contributed by atoms with Gasteiger partial charge in [0, 0.05) is 16.2 Å². The summed E-state index contributed by atoms with van der Waals surface area (Å²) in [6.45, 7) is 1.81. The molecule has 0 bridgehead atoms. The number of halogens is 1. The Morgan fingerprint density at radius 3 is 2.62 bits per heavy atom. The number of carbonyl (C=O) groups is 1. The number of carbonyl (C=O) groups excluding carboxylic acids is 1. The van der Waals surface area contributed by atoms with Gasteiger partial charge in [0.15, 0.2) is 0 Å². The highest BCUT2D eigenvalue weighted by molar-refractivity contribution is 9.10. The maximum Gasteiger partial charge on any atom is 0.311 e. The maximum absolute atomic E-state index is 12.2. The molecule has 2 N–H and O–H groups in total. The number of anilines is 1. The minimum Gasteiger partial charge on any atom is -0.502 e. The van der Waals surface area contributed by atoms with E-state index in [4.69, 9.17) is 0 Å². The lowest BCUT2D eigenvalue weighted by Gasteiger charge is -2.10. The Morgan fingerprint density at radius 2 is 1.95 bits per heavy atom. The summed E-state index contributed by atoms with van der Waals surface area (Å²) in [6.07, 6.45) is 0. The first kappa shape index (κ1) is 15.0. The second-order valence-corrected chi connectivity index (χ2v) is 5.15. The summed E-state index contributed by atoms with van der Waals surface area (Å²) in [7, 11) is 0. The van der Waals surface area contributed by atoms with Gasteiger partial charge >= 0.3 is 5.69 Å². The molecule has 108 valence electrons. The maximum atomic E-state index is 12.2. The van der Waals surface area contributed by atoms with E-state index in [-0.39, 0.29) is 5.56 Å². The van der Waals surface area contributed by atoms with Crippen molar-refractivity contribution in [1.29, 1.82) is 0 Å². The van der Waals surface area contributed by atoms with Crippen LogP contribution in [0, 0.1) is 17.0 Å². The Balaban J connectivity index is 2.35. The lowest BCUT2D eigenvalue weighted by Crippen LogP contribution is -2.13. The fraction of sp³-hybridized carbons (Fsp3) is 0.0714. The third kappa shape index (κ3) is 3.03. The van der Waals surface area contributed by atoms with Gasteiger partial charge in [-0.05, 0) is 30.7 Å². The van der Waals surface area contributed by atoms with Crippen LogP contribution in [-0.2, 0) is 0 Å². The van der Waals surface area contributed by atoms with Gasteiger partial charge in [0.25, 0.3) is 5.91 Å². The molecule has 2 aromatic carbocycles. The zero-order valence-corrected chi connectivity index (χ0v) is 12.5. The monoisotopic (exact) mass is 350 g/mol. The number of nitro benzene ring substituents is 1. The molecule has 0 aliphatic carbocycles. The summed E-state index contributed by atoms with van der Waals surface area (Å²) in [5.41, 5.74) is 0.716. The topological polar surface area (TPSA) is 92.5 Å². The molecular weight excluding hydrogens is 340 g/mol. The van der Waals surface area contributed by atoms with E-state index in [2.05, 4.69) is 21.2 Å². The number of phenols is 1. The summed E-state index contributed by atoms with van der Waals surface area (Å²) in [6, 6.07) is 9.09. The van der Waals surface area contributed by atoms with Crippen LogP contribution < -0.4 is 5.32 Å². The first-order valence-electron chi connectivity index (χ1n) is 5.94. The molecule has 21 heavy (non-hydrogen) atoms. The normalized spacial score (nSPS) is 10.2. The smallest absolute Gasteiger partial charge is 0.311 e. The van der Waals surface area contributed by atoms with E-state index in [0.29, 0.717) is 5.69 Å². The van der Waals surface area contributed by atoms with Gasteiger partial charge < -0.3 is 10.4 Å². The summed E-state index contributed by atoms with van der Waals surface area (Å²) in [5, 5.41) is 23.2. The molecule has 0 heterocycles. The van der Waals surface area contributed by atoms with Gasteiger partial charge in [-0.3, -0.25) is 14.9 Å². The van der Waals surface area contributed by atoms with Crippen molar-refractivity contribution in [2.75, 3.05) is 5.32 Å². The molecule has 2 rings (SSSR count). The van der Waals surface area contributed by atoms with Crippen LogP contribution in [0.15, 0.2) is 40.9 Å². The van der Waals surface area contributed by atoms with Crippen molar-refractivity contribution in [2.24, 2.45) is 0 Å². The lowest BCUT2D eigenvalue weighted by atomic mass is 10.1. The number of nitrogens with zero attached hydrogens (tertiary/aromatic N) is 1. The van der Waals surface area contributed by atoms with Crippen LogP contribution in [0.25, 0.3) is 0 Å². The van der Waals surface area contributed by atoms with Crippen LogP contribution in [0.4, 0.5) is 11.4 Å². The summed E-state index contributed by atoms with van der Waals surface area (Å²) < 4.78 is 0.823. The van der Waals surface area contributed by atoms with Crippen LogP contribution >= 0.6 is 15.9 Å². The van der Waals surface area contributed by atoms with Crippen LogP contribution in [0.1, 0.15) is 15.9 Å². The Kier molecular flexibility index (Phi) is 4.23. The van der Waals surface area contributed by atoms with Crippen molar-refractivity contribution in [1.82, 2.24) is 0 Å². The van der Waals surface area contributed by atoms with Gasteiger partial charge in [0.2, 0.25) is 5.75 Å². The molecular formula is C14H11BrN2O4. The van der Waals surface area contributed by atoms with E-state index < -0.39 is 22.3 Å². The third-order valence-electron chi connectivity index (χ3n) is 2.97. The molecule has 7 heteroatoms. The number of rotatable bonds is 3. The highest BCUT2D eigenvalue weighted by Crippen LogP contribution is 2.30. The van der Waals surface area contributed by atoms with Crippen molar-refractivity contribution in [3.63, 3.8) is 0 Å². The number of benzene rings is 2. The molecule has 6 nitrogen and oxygen atoms in total. The average molecular weight is 351 g/mol. The predicted molar refractivity (Wildman–Crippen MR) is 81.6 cm³/mol. The van der Waals surface area contributed by atoms with Gasteiger partial charge in [-0.2, -0.15) is 0 Å². The number of nitrogens with one attached hydrogen (secondary N) is 1. The van der Waals surface area contributed by atoms with Crippen molar-refractivity contribution in [3.8, 4) is 5.75 Å². The number of hydrogen-bond donors (Lipinski definition) is 2. The van der Waals surface area contributed by atoms with E-state index >= 15 is 0 Å².